The molecule has 0 spiro atoms. The Bertz CT molecular complexity index is 1420. The van der Waals surface area contributed by atoms with Crippen LogP contribution in [0.4, 0.5) is 5.69 Å². The van der Waals surface area contributed by atoms with E-state index in [2.05, 4.69) is 97.9 Å². The molecule has 0 N–H and O–H groups in total. The molecule has 2 aromatic carbocycles. The molecule has 1 heterocycles. The van der Waals surface area contributed by atoms with Crippen LogP contribution in [0.2, 0.25) is 0 Å². The number of hydrogen-bond acceptors (Lipinski definition) is 5. The molecular formula is C32H35N4O2+. The van der Waals surface area contributed by atoms with Gasteiger partial charge in [0.25, 0.3) is 0 Å². The van der Waals surface area contributed by atoms with E-state index in [-0.39, 0.29) is 6.79 Å². The minimum atomic E-state index is 0.237. The molecule has 0 aromatic heterocycles. The van der Waals surface area contributed by atoms with Gasteiger partial charge in [-0.15, -0.1) is 0 Å². The molecule has 0 atom stereocenters. The predicted octanol–water partition coefficient (Wildman–Crippen LogP) is 6.17. The highest BCUT2D eigenvalue weighted by atomic mass is 16.7. The smallest absolute Gasteiger partial charge is 0.231 e. The van der Waals surface area contributed by atoms with Gasteiger partial charge in [-0.3, -0.25) is 0 Å². The summed E-state index contributed by atoms with van der Waals surface area (Å²) in [6, 6.07) is 17.2. The van der Waals surface area contributed by atoms with E-state index in [1.165, 1.54) is 11.1 Å². The maximum absolute atomic E-state index is 9.07. The van der Waals surface area contributed by atoms with Crippen molar-refractivity contribution in [1.82, 2.24) is 0 Å². The largest absolute Gasteiger partial charge is 0.454 e. The number of rotatable bonds is 9. The van der Waals surface area contributed by atoms with Crippen LogP contribution in [0.1, 0.15) is 50.3 Å². The minimum Gasteiger partial charge on any atom is -0.454 e. The Hall–Kier alpha value is -4.29. The summed E-state index contributed by atoms with van der Waals surface area (Å²) in [5, 5.41) is 18.1. The highest BCUT2D eigenvalue weighted by Gasteiger charge is 2.22. The van der Waals surface area contributed by atoms with Gasteiger partial charge in [0.05, 0.1) is 25.0 Å². The maximum Gasteiger partial charge on any atom is 0.231 e. The van der Waals surface area contributed by atoms with E-state index in [0.29, 0.717) is 25.9 Å². The fourth-order valence-corrected chi connectivity index (χ4v) is 5.07. The lowest BCUT2D eigenvalue weighted by Gasteiger charge is -2.24. The van der Waals surface area contributed by atoms with Crippen LogP contribution < -0.4 is 14.4 Å². The van der Waals surface area contributed by atoms with Gasteiger partial charge in [0, 0.05) is 30.9 Å². The Balaban J connectivity index is 1.85. The van der Waals surface area contributed by atoms with E-state index >= 15 is 0 Å². The average molecular weight is 508 g/mol. The summed E-state index contributed by atoms with van der Waals surface area (Å²) >= 11 is 0. The lowest BCUT2D eigenvalue weighted by atomic mass is 9.85. The highest BCUT2D eigenvalue weighted by molar-refractivity contribution is 6.05. The van der Waals surface area contributed by atoms with Gasteiger partial charge in [-0.25, -0.2) is 4.58 Å². The van der Waals surface area contributed by atoms with Crippen molar-refractivity contribution in [3.05, 3.63) is 82.5 Å². The monoisotopic (exact) mass is 507 g/mol. The van der Waals surface area contributed by atoms with Gasteiger partial charge in [0.15, 0.2) is 23.8 Å². The summed E-state index contributed by atoms with van der Waals surface area (Å²) in [6.07, 6.45) is 7.56. The molecular weight excluding hydrogens is 472 g/mol. The zero-order chi connectivity index (χ0) is 27.1. The molecule has 4 rings (SSSR count). The number of benzene rings is 2. The van der Waals surface area contributed by atoms with Crippen LogP contribution in [0.5, 0.6) is 11.5 Å². The SMILES string of the molecule is CCN(CCC#N)c1ccc(C(=C2C=CC(=[N+](CC)CCC#N)C=C2C)c2ccc3c(c2)OCO3)c(C)c1. The number of nitriles is 2. The zero-order valence-electron chi connectivity index (χ0n) is 22.8. The number of ether oxygens (including phenoxy) is 2. The Morgan fingerprint density at radius 1 is 0.974 bits per heavy atom. The molecule has 0 bridgehead atoms. The van der Waals surface area contributed by atoms with Crippen LogP contribution >= 0.6 is 0 Å². The first kappa shape index (κ1) is 26.8. The topological polar surface area (TPSA) is 72.3 Å². The summed E-state index contributed by atoms with van der Waals surface area (Å²) in [7, 11) is 0. The van der Waals surface area contributed by atoms with Gasteiger partial charge in [0.1, 0.15) is 6.54 Å². The summed E-state index contributed by atoms with van der Waals surface area (Å²) in [5.74, 6) is 1.52. The third-order valence-corrected chi connectivity index (χ3v) is 7.10. The number of nitrogens with zero attached hydrogens (tertiary/aromatic N) is 4. The van der Waals surface area contributed by atoms with Gasteiger partial charge in [0.2, 0.25) is 6.79 Å². The third-order valence-electron chi connectivity index (χ3n) is 7.10. The molecule has 2 aliphatic rings. The molecule has 0 amide bonds. The van der Waals surface area contributed by atoms with Crippen molar-refractivity contribution >= 4 is 17.0 Å². The number of hydrogen-bond donors (Lipinski definition) is 0. The molecule has 0 saturated carbocycles. The van der Waals surface area contributed by atoms with E-state index in [0.717, 1.165) is 58.3 Å². The van der Waals surface area contributed by atoms with Crippen LogP contribution in [0.25, 0.3) is 5.57 Å². The van der Waals surface area contributed by atoms with Gasteiger partial charge in [-0.05, 0) is 91.4 Å². The van der Waals surface area contributed by atoms with Gasteiger partial charge < -0.3 is 14.4 Å². The van der Waals surface area contributed by atoms with Crippen LogP contribution in [0.3, 0.4) is 0 Å². The number of allylic oxidation sites excluding steroid dienone is 5. The second kappa shape index (κ2) is 12.3. The number of aryl methyl sites for hydroxylation is 1. The van der Waals surface area contributed by atoms with Crippen molar-refractivity contribution in [2.45, 2.75) is 40.5 Å². The second-order valence-electron chi connectivity index (χ2n) is 9.42. The number of fused-ring (bicyclic) bond motifs is 1. The molecule has 0 saturated heterocycles. The van der Waals surface area contributed by atoms with Gasteiger partial charge >= 0.3 is 0 Å². The third kappa shape index (κ3) is 5.66. The van der Waals surface area contributed by atoms with Crippen LogP contribution in [0.15, 0.2) is 65.8 Å². The quantitative estimate of drug-likeness (QED) is 0.380. The lowest BCUT2D eigenvalue weighted by Crippen LogP contribution is -2.23. The number of anilines is 1. The normalized spacial score (nSPS) is 16.4. The molecule has 1 aliphatic carbocycles. The first-order valence-electron chi connectivity index (χ1n) is 13.2. The fourth-order valence-electron chi connectivity index (χ4n) is 5.07. The molecule has 6 nitrogen and oxygen atoms in total. The van der Waals surface area contributed by atoms with E-state index in [4.69, 9.17) is 20.0 Å². The van der Waals surface area contributed by atoms with Crippen molar-refractivity contribution in [2.24, 2.45) is 0 Å². The van der Waals surface area contributed by atoms with Crippen molar-refractivity contribution < 1.29 is 14.0 Å². The van der Waals surface area contributed by atoms with Crippen LogP contribution in [-0.2, 0) is 0 Å². The van der Waals surface area contributed by atoms with Crippen molar-refractivity contribution in [3.63, 3.8) is 0 Å². The lowest BCUT2D eigenvalue weighted by molar-refractivity contribution is -0.521. The van der Waals surface area contributed by atoms with Crippen molar-refractivity contribution in [3.8, 4) is 23.6 Å². The summed E-state index contributed by atoms with van der Waals surface area (Å²) in [4.78, 5) is 2.24. The fraction of sp³-hybridized carbons (Fsp3) is 0.344. The standard InChI is InChI=1S/C32H35N4O2/c1-5-35(17-7-15-33)26-10-12-28(23(3)19-26)32(25-9-14-30-31(21-25)38-22-37-30)29-13-11-27(20-24(29)4)36(6-2)18-8-16-34/h9-14,19-21H,5-8,17-18,22H2,1-4H3/q+1. The predicted molar refractivity (Wildman–Crippen MR) is 152 cm³/mol. The molecule has 1 aliphatic heterocycles. The molecule has 194 valence electrons. The van der Waals surface area contributed by atoms with E-state index in [9.17, 15) is 0 Å². The first-order chi connectivity index (χ1) is 18.5. The second-order valence-corrected chi connectivity index (χ2v) is 9.42. The Morgan fingerprint density at radius 2 is 1.76 bits per heavy atom. The van der Waals surface area contributed by atoms with E-state index in [1.807, 2.05) is 6.07 Å². The van der Waals surface area contributed by atoms with Crippen LogP contribution in [-0.4, -0.2) is 43.3 Å². The molecule has 38 heavy (non-hydrogen) atoms. The molecule has 6 heteroatoms. The highest BCUT2D eigenvalue weighted by Crippen LogP contribution is 2.40. The zero-order valence-corrected chi connectivity index (χ0v) is 22.8. The van der Waals surface area contributed by atoms with Crippen molar-refractivity contribution in [2.75, 3.05) is 37.9 Å². The molecule has 0 unspecified atom stereocenters. The molecule has 0 fully saturated rings. The summed E-state index contributed by atoms with van der Waals surface area (Å²) in [5.41, 5.74) is 9.07. The molecule has 0 radical (unpaired) electrons. The van der Waals surface area contributed by atoms with E-state index in [1.54, 1.807) is 0 Å². The maximum atomic E-state index is 9.07. The van der Waals surface area contributed by atoms with Gasteiger partial charge in [-0.2, -0.15) is 10.5 Å². The summed E-state index contributed by atoms with van der Waals surface area (Å²) in [6.45, 7) is 11.9. The molecule has 2 aromatic rings. The van der Waals surface area contributed by atoms with E-state index < -0.39 is 0 Å². The van der Waals surface area contributed by atoms with Crippen LogP contribution in [0, 0.1) is 29.6 Å². The average Bonchev–Trinajstić information content (AvgIpc) is 3.40. The van der Waals surface area contributed by atoms with Crippen molar-refractivity contribution in [1.29, 1.82) is 10.5 Å². The Labute approximate surface area is 226 Å². The summed E-state index contributed by atoms with van der Waals surface area (Å²) < 4.78 is 13.5. The van der Waals surface area contributed by atoms with Gasteiger partial charge in [-0.1, -0.05) is 12.1 Å². The Kier molecular flexibility index (Phi) is 8.66. The Morgan fingerprint density at radius 3 is 2.45 bits per heavy atom. The minimum absolute atomic E-state index is 0.237. The first-order valence-corrected chi connectivity index (χ1v) is 13.2.